The summed E-state index contributed by atoms with van der Waals surface area (Å²) in [6, 6.07) is 9.57. The van der Waals surface area contributed by atoms with Crippen LogP contribution in [0.1, 0.15) is 37.8 Å². The maximum absolute atomic E-state index is 3.62. The van der Waals surface area contributed by atoms with Crippen molar-refractivity contribution in [2.45, 2.75) is 44.7 Å². The molecule has 0 saturated carbocycles. The molecule has 0 bridgehead atoms. The molecule has 0 radical (unpaired) electrons. The molecule has 98 valence electrons. The lowest BCUT2D eigenvalue weighted by molar-refractivity contribution is 0.0953. The molecule has 1 saturated heterocycles. The molecule has 1 N–H and O–H groups in total. The zero-order valence-electron chi connectivity index (χ0n) is 11.7. The van der Waals surface area contributed by atoms with Crippen LogP contribution in [0.4, 0.5) is 0 Å². The Hall–Kier alpha value is -0.860. The summed E-state index contributed by atoms with van der Waals surface area (Å²) in [5.41, 5.74) is 3.40. The van der Waals surface area contributed by atoms with Crippen LogP contribution in [0.15, 0.2) is 24.3 Å². The van der Waals surface area contributed by atoms with Gasteiger partial charge in [-0.3, -0.25) is 4.90 Å². The molecule has 1 aliphatic carbocycles. The van der Waals surface area contributed by atoms with Crippen LogP contribution in [0.3, 0.4) is 0 Å². The summed E-state index contributed by atoms with van der Waals surface area (Å²) >= 11 is 0. The van der Waals surface area contributed by atoms with E-state index in [1.54, 1.807) is 11.1 Å². The zero-order valence-corrected chi connectivity index (χ0v) is 11.7. The van der Waals surface area contributed by atoms with Crippen molar-refractivity contribution in [3.8, 4) is 0 Å². The molecule has 2 aliphatic rings. The highest BCUT2D eigenvalue weighted by Crippen LogP contribution is 2.36. The lowest BCUT2D eigenvalue weighted by Crippen LogP contribution is -2.61. The first-order valence-electron chi connectivity index (χ1n) is 7.12. The fourth-order valence-electron chi connectivity index (χ4n) is 3.33. The normalized spacial score (nSPS) is 30.6. The number of nitrogens with one attached hydrogen (secondary N) is 1. The molecule has 2 atom stereocenters. The second-order valence-electron chi connectivity index (χ2n) is 6.64. The van der Waals surface area contributed by atoms with E-state index in [-0.39, 0.29) is 5.54 Å². The van der Waals surface area contributed by atoms with Crippen LogP contribution in [-0.2, 0) is 6.42 Å². The number of rotatable bonds is 2. The first-order chi connectivity index (χ1) is 8.55. The molecule has 2 nitrogen and oxygen atoms in total. The first-order valence-corrected chi connectivity index (χ1v) is 7.12. The largest absolute Gasteiger partial charge is 0.309 e. The highest BCUT2D eigenvalue weighted by atomic mass is 15.2. The number of fused-ring (bicyclic) bond motifs is 1. The molecule has 1 aliphatic heterocycles. The van der Waals surface area contributed by atoms with Gasteiger partial charge < -0.3 is 5.32 Å². The molecule has 1 heterocycles. The Morgan fingerprint density at radius 2 is 2.11 bits per heavy atom. The van der Waals surface area contributed by atoms with Gasteiger partial charge in [-0.2, -0.15) is 0 Å². The fourth-order valence-corrected chi connectivity index (χ4v) is 3.33. The number of hydrogen-bond acceptors (Lipinski definition) is 2. The third-order valence-corrected chi connectivity index (χ3v) is 4.51. The summed E-state index contributed by atoms with van der Waals surface area (Å²) in [5, 5.41) is 3.62. The Bertz CT molecular complexity index is 438. The lowest BCUT2D eigenvalue weighted by atomic mass is 9.77. The van der Waals surface area contributed by atoms with Gasteiger partial charge in [0, 0.05) is 37.1 Å². The van der Waals surface area contributed by atoms with Gasteiger partial charge in [-0.05, 0) is 38.3 Å². The summed E-state index contributed by atoms with van der Waals surface area (Å²) in [6.07, 6.45) is 1.27. The van der Waals surface area contributed by atoms with Crippen LogP contribution in [0, 0.1) is 0 Å². The minimum absolute atomic E-state index is 0.260. The zero-order chi connectivity index (χ0) is 12.8. The van der Waals surface area contributed by atoms with Gasteiger partial charge >= 0.3 is 0 Å². The van der Waals surface area contributed by atoms with Crippen molar-refractivity contribution in [2.24, 2.45) is 0 Å². The fraction of sp³-hybridized carbons (Fsp3) is 0.625. The highest BCUT2D eigenvalue weighted by molar-refractivity contribution is 5.40. The molecular weight excluding hydrogens is 220 g/mol. The number of piperazine rings is 1. The van der Waals surface area contributed by atoms with Gasteiger partial charge in [-0.1, -0.05) is 24.3 Å². The summed E-state index contributed by atoms with van der Waals surface area (Å²) in [5.74, 6) is 0.762. The highest BCUT2D eigenvalue weighted by Gasteiger charge is 2.34. The predicted molar refractivity (Wildman–Crippen MR) is 76.0 cm³/mol. The van der Waals surface area contributed by atoms with E-state index < -0.39 is 0 Å². The molecule has 3 rings (SSSR count). The summed E-state index contributed by atoms with van der Waals surface area (Å²) in [6.45, 7) is 10.4. The van der Waals surface area contributed by atoms with Gasteiger partial charge in [0.15, 0.2) is 0 Å². The van der Waals surface area contributed by atoms with E-state index in [4.69, 9.17) is 0 Å². The van der Waals surface area contributed by atoms with E-state index in [9.17, 15) is 0 Å². The quantitative estimate of drug-likeness (QED) is 0.859. The summed E-state index contributed by atoms with van der Waals surface area (Å²) in [7, 11) is 0. The average Bonchev–Trinajstić information content (AvgIpc) is 2.30. The third kappa shape index (κ3) is 2.19. The van der Waals surface area contributed by atoms with E-state index in [1.807, 2.05) is 0 Å². The maximum Gasteiger partial charge on any atom is 0.0252 e. The Labute approximate surface area is 110 Å². The Morgan fingerprint density at radius 3 is 2.89 bits per heavy atom. The molecule has 2 heteroatoms. The SMILES string of the molecule is CC1CNC(C)(C)CN1CC1Cc2ccccc21. The molecule has 2 unspecified atom stereocenters. The Kier molecular flexibility index (Phi) is 2.95. The van der Waals surface area contributed by atoms with Crippen LogP contribution in [-0.4, -0.2) is 36.1 Å². The van der Waals surface area contributed by atoms with E-state index in [0.29, 0.717) is 6.04 Å². The van der Waals surface area contributed by atoms with Crippen LogP contribution in [0.25, 0.3) is 0 Å². The van der Waals surface area contributed by atoms with Crippen molar-refractivity contribution < 1.29 is 0 Å². The summed E-state index contributed by atoms with van der Waals surface area (Å²) < 4.78 is 0. The van der Waals surface area contributed by atoms with Crippen LogP contribution < -0.4 is 5.32 Å². The van der Waals surface area contributed by atoms with E-state index in [0.717, 1.165) is 19.0 Å². The molecular formula is C16H24N2. The number of nitrogens with zero attached hydrogens (tertiary/aromatic N) is 1. The lowest BCUT2D eigenvalue weighted by Gasteiger charge is -2.46. The Morgan fingerprint density at radius 1 is 1.33 bits per heavy atom. The first kappa shape index (κ1) is 12.2. The Balaban J connectivity index is 1.67. The topological polar surface area (TPSA) is 15.3 Å². The van der Waals surface area contributed by atoms with Crippen LogP contribution >= 0.6 is 0 Å². The monoisotopic (exact) mass is 244 g/mol. The number of benzene rings is 1. The number of hydrogen-bond donors (Lipinski definition) is 1. The molecule has 1 fully saturated rings. The third-order valence-electron chi connectivity index (χ3n) is 4.51. The van der Waals surface area contributed by atoms with Gasteiger partial charge in [0.05, 0.1) is 0 Å². The van der Waals surface area contributed by atoms with Crippen molar-refractivity contribution in [1.82, 2.24) is 10.2 Å². The van der Waals surface area contributed by atoms with Crippen molar-refractivity contribution in [3.63, 3.8) is 0 Å². The van der Waals surface area contributed by atoms with E-state index in [2.05, 4.69) is 55.3 Å². The molecule has 1 aromatic rings. The van der Waals surface area contributed by atoms with Crippen molar-refractivity contribution in [2.75, 3.05) is 19.6 Å². The molecule has 0 amide bonds. The van der Waals surface area contributed by atoms with Gasteiger partial charge in [0.2, 0.25) is 0 Å². The van der Waals surface area contributed by atoms with Crippen LogP contribution in [0.5, 0.6) is 0 Å². The molecule has 1 aromatic carbocycles. The maximum atomic E-state index is 3.62. The van der Waals surface area contributed by atoms with Crippen molar-refractivity contribution in [3.05, 3.63) is 35.4 Å². The van der Waals surface area contributed by atoms with Gasteiger partial charge in [-0.15, -0.1) is 0 Å². The summed E-state index contributed by atoms with van der Waals surface area (Å²) in [4.78, 5) is 2.66. The van der Waals surface area contributed by atoms with Crippen LogP contribution in [0.2, 0.25) is 0 Å². The smallest absolute Gasteiger partial charge is 0.0252 e. The minimum atomic E-state index is 0.260. The second-order valence-corrected chi connectivity index (χ2v) is 6.64. The second kappa shape index (κ2) is 4.36. The average molecular weight is 244 g/mol. The van der Waals surface area contributed by atoms with Gasteiger partial charge in [-0.25, -0.2) is 0 Å². The van der Waals surface area contributed by atoms with Crippen molar-refractivity contribution in [1.29, 1.82) is 0 Å². The molecule has 0 spiro atoms. The van der Waals surface area contributed by atoms with Gasteiger partial charge in [0.1, 0.15) is 0 Å². The molecule has 18 heavy (non-hydrogen) atoms. The van der Waals surface area contributed by atoms with E-state index >= 15 is 0 Å². The van der Waals surface area contributed by atoms with Crippen molar-refractivity contribution >= 4 is 0 Å². The van der Waals surface area contributed by atoms with Gasteiger partial charge in [0.25, 0.3) is 0 Å². The standard InChI is InChI=1S/C16H24N2/c1-12-9-17-16(2,3)11-18(12)10-14-8-13-6-4-5-7-15(13)14/h4-7,12,14,17H,8-11H2,1-3H3. The van der Waals surface area contributed by atoms with E-state index in [1.165, 1.54) is 13.0 Å². The minimum Gasteiger partial charge on any atom is -0.309 e. The predicted octanol–water partition coefficient (Wildman–Crippen LogP) is 2.40. The molecule has 0 aromatic heterocycles.